The Morgan fingerprint density at radius 3 is 2.22 bits per heavy atom. The number of hydrogen-bond acceptors (Lipinski definition) is 4. The number of carbonyl (C=O) groups is 1. The standard InChI is InChI=1S/C19H21Br2NO3S2/c1-2-3-4-5-6-7-8-13-9-11-14(12-10-13)22-19(23)15-16(27(22,24)25)18(21)26-17(15)20/h9-12H,2-8H2,1H3. The summed E-state index contributed by atoms with van der Waals surface area (Å²) in [5.41, 5.74) is 1.75. The molecule has 2 heterocycles. The molecule has 0 spiro atoms. The Labute approximate surface area is 181 Å². The number of thiophene rings is 1. The molecule has 27 heavy (non-hydrogen) atoms. The first-order valence-corrected chi connectivity index (χ1v) is 12.9. The molecule has 0 fully saturated rings. The zero-order valence-electron chi connectivity index (χ0n) is 15.0. The van der Waals surface area contributed by atoms with Gasteiger partial charge in [0.05, 0.1) is 18.8 Å². The first kappa shape index (κ1) is 21.0. The summed E-state index contributed by atoms with van der Waals surface area (Å²) < 4.78 is 27.6. The molecule has 1 amide bonds. The zero-order valence-corrected chi connectivity index (χ0v) is 19.8. The second-order valence-electron chi connectivity index (χ2n) is 6.61. The van der Waals surface area contributed by atoms with Crippen molar-refractivity contribution < 1.29 is 13.2 Å². The van der Waals surface area contributed by atoms with E-state index in [0.717, 1.165) is 22.7 Å². The normalized spacial score (nSPS) is 15.4. The van der Waals surface area contributed by atoms with Crippen molar-refractivity contribution in [2.75, 3.05) is 4.31 Å². The number of sulfonamides is 1. The predicted octanol–water partition coefficient (Wildman–Crippen LogP) is 6.53. The average molecular weight is 535 g/mol. The lowest BCUT2D eigenvalue weighted by Crippen LogP contribution is -2.30. The molecule has 1 aromatic carbocycles. The number of anilines is 1. The number of halogens is 2. The molecule has 4 nitrogen and oxygen atoms in total. The Morgan fingerprint density at radius 1 is 0.963 bits per heavy atom. The Bertz CT molecular complexity index is 937. The number of aryl methyl sites for hydroxylation is 1. The molecule has 0 bridgehead atoms. The van der Waals surface area contributed by atoms with Gasteiger partial charge in [-0.15, -0.1) is 11.3 Å². The van der Waals surface area contributed by atoms with Gasteiger partial charge < -0.3 is 0 Å². The van der Waals surface area contributed by atoms with Gasteiger partial charge in [-0.05, 0) is 62.4 Å². The quantitative estimate of drug-likeness (QED) is 0.362. The van der Waals surface area contributed by atoms with Crippen LogP contribution in [-0.4, -0.2) is 14.3 Å². The third-order valence-corrected chi connectivity index (χ3v) is 9.37. The highest BCUT2D eigenvalue weighted by molar-refractivity contribution is 9.12. The number of hydrogen-bond donors (Lipinski definition) is 0. The fourth-order valence-corrected chi connectivity index (χ4v) is 8.87. The van der Waals surface area contributed by atoms with Gasteiger partial charge >= 0.3 is 0 Å². The van der Waals surface area contributed by atoms with Crippen molar-refractivity contribution in [2.24, 2.45) is 0 Å². The SMILES string of the molecule is CCCCCCCCc1ccc(N2C(=O)c3c(Br)sc(Br)c3S2(=O)=O)cc1. The molecule has 8 heteroatoms. The number of carbonyl (C=O) groups excluding carboxylic acids is 1. The minimum atomic E-state index is -3.88. The number of amides is 1. The van der Waals surface area contributed by atoms with Crippen LogP contribution in [-0.2, 0) is 16.4 Å². The molecule has 0 unspecified atom stereocenters. The van der Waals surface area contributed by atoms with Crippen LogP contribution in [0.2, 0.25) is 0 Å². The van der Waals surface area contributed by atoms with Crippen LogP contribution in [0.5, 0.6) is 0 Å². The average Bonchev–Trinajstić information content (AvgIpc) is 3.04. The molecule has 0 atom stereocenters. The first-order chi connectivity index (χ1) is 12.9. The first-order valence-electron chi connectivity index (χ1n) is 9.04. The number of unbranched alkanes of at least 4 members (excludes halogenated alkanes) is 5. The van der Waals surface area contributed by atoms with E-state index in [0.29, 0.717) is 13.3 Å². The predicted molar refractivity (Wildman–Crippen MR) is 117 cm³/mol. The molecule has 3 rings (SSSR count). The summed E-state index contributed by atoms with van der Waals surface area (Å²) in [6, 6.07) is 7.28. The number of rotatable bonds is 8. The van der Waals surface area contributed by atoms with Gasteiger partial charge in [-0.25, -0.2) is 8.42 Å². The van der Waals surface area contributed by atoms with E-state index in [2.05, 4.69) is 38.8 Å². The van der Waals surface area contributed by atoms with E-state index in [1.165, 1.54) is 43.4 Å². The van der Waals surface area contributed by atoms with Crippen molar-refractivity contribution in [2.45, 2.75) is 56.8 Å². The largest absolute Gasteiger partial charge is 0.275 e. The second kappa shape index (κ2) is 8.76. The van der Waals surface area contributed by atoms with Gasteiger partial charge in [0.1, 0.15) is 4.90 Å². The lowest BCUT2D eigenvalue weighted by molar-refractivity contribution is 0.101. The van der Waals surface area contributed by atoms with E-state index in [4.69, 9.17) is 0 Å². The maximum absolute atomic E-state index is 12.9. The van der Waals surface area contributed by atoms with Gasteiger partial charge in [-0.2, -0.15) is 4.31 Å². The summed E-state index contributed by atoms with van der Waals surface area (Å²) in [5.74, 6) is -0.512. The van der Waals surface area contributed by atoms with Crippen molar-refractivity contribution in [3.8, 4) is 0 Å². The summed E-state index contributed by atoms with van der Waals surface area (Å²) in [7, 11) is -3.88. The van der Waals surface area contributed by atoms with Crippen LogP contribution in [0, 0.1) is 0 Å². The third kappa shape index (κ3) is 4.18. The molecule has 2 aromatic rings. The minimum Gasteiger partial charge on any atom is -0.267 e. The Morgan fingerprint density at radius 2 is 1.59 bits per heavy atom. The molecule has 146 valence electrons. The van der Waals surface area contributed by atoms with Gasteiger partial charge in [0.2, 0.25) is 0 Å². The van der Waals surface area contributed by atoms with Crippen molar-refractivity contribution in [1.82, 2.24) is 0 Å². The Balaban J connectivity index is 1.71. The van der Waals surface area contributed by atoms with E-state index < -0.39 is 15.9 Å². The van der Waals surface area contributed by atoms with Gasteiger partial charge in [0.25, 0.3) is 15.9 Å². The van der Waals surface area contributed by atoms with Crippen molar-refractivity contribution in [3.63, 3.8) is 0 Å². The van der Waals surface area contributed by atoms with Crippen LogP contribution in [0.4, 0.5) is 5.69 Å². The van der Waals surface area contributed by atoms with E-state index in [9.17, 15) is 13.2 Å². The highest BCUT2D eigenvalue weighted by Gasteiger charge is 2.46. The van der Waals surface area contributed by atoms with Gasteiger partial charge in [-0.1, -0.05) is 51.2 Å². The van der Waals surface area contributed by atoms with E-state index in [1.54, 1.807) is 12.1 Å². The van der Waals surface area contributed by atoms with Crippen LogP contribution < -0.4 is 4.31 Å². The number of fused-ring (bicyclic) bond motifs is 1. The highest BCUT2D eigenvalue weighted by Crippen LogP contribution is 2.47. The molecule has 0 radical (unpaired) electrons. The van der Waals surface area contributed by atoms with Gasteiger partial charge in [0.15, 0.2) is 0 Å². The summed E-state index contributed by atoms with van der Waals surface area (Å²) >= 11 is 7.76. The summed E-state index contributed by atoms with van der Waals surface area (Å²) in [6.07, 6.45) is 8.41. The zero-order chi connectivity index (χ0) is 19.6. The van der Waals surface area contributed by atoms with Crippen molar-refractivity contribution in [3.05, 3.63) is 43.0 Å². The summed E-state index contributed by atoms with van der Waals surface area (Å²) in [4.78, 5) is 12.8. The molecule has 1 aliphatic rings. The molecular weight excluding hydrogens is 514 g/mol. The summed E-state index contributed by atoms with van der Waals surface area (Å²) in [5, 5.41) is 0. The van der Waals surface area contributed by atoms with Crippen LogP contribution in [0.15, 0.2) is 36.7 Å². The van der Waals surface area contributed by atoms with E-state index in [1.807, 2.05) is 12.1 Å². The van der Waals surface area contributed by atoms with Crippen LogP contribution in [0.25, 0.3) is 0 Å². The lowest BCUT2D eigenvalue weighted by Gasteiger charge is -2.16. The highest BCUT2D eigenvalue weighted by atomic mass is 79.9. The fourth-order valence-electron chi connectivity index (χ4n) is 3.24. The topological polar surface area (TPSA) is 54.5 Å². The molecular formula is C19H21Br2NO3S2. The Hall–Kier alpha value is -0.700. The van der Waals surface area contributed by atoms with Crippen LogP contribution >= 0.6 is 43.2 Å². The fraction of sp³-hybridized carbons (Fsp3) is 0.421. The van der Waals surface area contributed by atoms with E-state index >= 15 is 0 Å². The molecule has 1 aromatic heterocycles. The maximum Gasteiger partial charge on any atom is 0.275 e. The second-order valence-corrected chi connectivity index (χ2v) is 12.0. The van der Waals surface area contributed by atoms with Crippen LogP contribution in [0.3, 0.4) is 0 Å². The number of benzene rings is 1. The smallest absolute Gasteiger partial charge is 0.267 e. The monoisotopic (exact) mass is 533 g/mol. The van der Waals surface area contributed by atoms with Crippen molar-refractivity contribution >= 4 is 64.8 Å². The lowest BCUT2D eigenvalue weighted by atomic mass is 10.0. The Kier molecular flexibility index (Phi) is 6.82. The molecule has 0 saturated heterocycles. The number of nitrogens with zero attached hydrogens (tertiary/aromatic N) is 1. The van der Waals surface area contributed by atoms with Crippen molar-refractivity contribution in [1.29, 1.82) is 0 Å². The van der Waals surface area contributed by atoms with Gasteiger partial charge in [-0.3, -0.25) is 4.79 Å². The minimum absolute atomic E-state index is 0.0560. The summed E-state index contributed by atoms with van der Waals surface area (Å²) in [6.45, 7) is 2.21. The molecule has 0 N–H and O–H groups in total. The molecule has 1 aliphatic heterocycles. The van der Waals surface area contributed by atoms with Gasteiger partial charge in [0, 0.05) is 0 Å². The third-order valence-electron chi connectivity index (χ3n) is 4.67. The molecule has 0 aliphatic carbocycles. The van der Waals surface area contributed by atoms with Crippen LogP contribution in [0.1, 0.15) is 61.4 Å². The van der Waals surface area contributed by atoms with E-state index in [-0.39, 0.29) is 10.5 Å². The molecule has 0 saturated carbocycles. The maximum atomic E-state index is 12.9.